The minimum Gasteiger partial charge on any atom is -0.272 e. The number of rotatable bonds is 3. The molecule has 0 radical (unpaired) electrons. The van der Waals surface area contributed by atoms with Crippen molar-refractivity contribution in [1.82, 2.24) is 15.3 Å². The van der Waals surface area contributed by atoms with Gasteiger partial charge in [-0.3, -0.25) is 14.9 Å². The molecule has 0 fully saturated rings. The van der Waals surface area contributed by atoms with E-state index in [2.05, 4.69) is 5.32 Å². The Hall–Kier alpha value is -3.67. The molecule has 0 bridgehead atoms. The molecule has 0 atom stereocenters. The number of hydrazine groups is 1. The summed E-state index contributed by atoms with van der Waals surface area (Å²) in [6.45, 7) is 2.04. The number of amides is 4. The van der Waals surface area contributed by atoms with Gasteiger partial charge in [-0.1, -0.05) is 54.6 Å². The monoisotopic (exact) mass is 375 g/mol. The standard InChI is InChI=1S/C22H21N3O3/c1-3-25(21(27)19-15-9-13-16-10-7-8-14-18(16)19)24(2)22(28)23-20(26)17-11-5-4-6-12-17/h4-15H,3H2,1-2H3,(H,23,26,28). The van der Waals surface area contributed by atoms with Crippen LogP contribution in [0.25, 0.3) is 10.8 Å². The Labute approximate surface area is 163 Å². The van der Waals surface area contributed by atoms with Crippen LogP contribution in [0.3, 0.4) is 0 Å². The van der Waals surface area contributed by atoms with Gasteiger partial charge in [0.05, 0.1) is 0 Å². The van der Waals surface area contributed by atoms with E-state index in [0.29, 0.717) is 11.1 Å². The fourth-order valence-corrected chi connectivity index (χ4v) is 2.99. The molecule has 0 aromatic heterocycles. The molecule has 4 amide bonds. The first-order valence-electron chi connectivity index (χ1n) is 8.96. The second-order valence-corrected chi connectivity index (χ2v) is 6.20. The Kier molecular flexibility index (Phi) is 5.69. The van der Waals surface area contributed by atoms with Crippen molar-refractivity contribution < 1.29 is 14.4 Å². The maximum atomic E-state index is 13.1. The number of fused-ring (bicyclic) bond motifs is 1. The Morgan fingerprint density at radius 1 is 0.857 bits per heavy atom. The summed E-state index contributed by atoms with van der Waals surface area (Å²) in [6.07, 6.45) is 0. The largest absolute Gasteiger partial charge is 0.342 e. The zero-order chi connectivity index (χ0) is 20.1. The lowest BCUT2D eigenvalue weighted by Crippen LogP contribution is -2.52. The highest BCUT2D eigenvalue weighted by Gasteiger charge is 2.25. The summed E-state index contributed by atoms with van der Waals surface area (Å²) in [5, 5.41) is 6.49. The van der Waals surface area contributed by atoms with Crippen LogP contribution in [0.4, 0.5) is 4.79 Å². The number of carbonyl (C=O) groups excluding carboxylic acids is 3. The van der Waals surface area contributed by atoms with Crippen molar-refractivity contribution in [2.45, 2.75) is 6.92 Å². The van der Waals surface area contributed by atoms with Gasteiger partial charge in [0, 0.05) is 24.7 Å². The van der Waals surface area contributed by atoms with Crippen molar-refractivity contribution in [2.24, 2.45) is 0 Å². The molecule has 0 saturated carbocycles. The van der Waals surface area contributed by atoms with Gasteiger partial charge in [-0.05, 0) is 35.9 Å². The van der Waals surface area contributed by atoms with Crippen LogP contribution in [0.15, 0.2) is 72.8 Å². The Bertz CT molecular complexity index is 1010. The fraction of sp³-hybridized carbons (Fsp3) is 0.136. The number of hydrogen-bond acceptors (Lipinski definition) is 3. The topological polar surface area (TPSA) is 69.7 Å². The number of imide groups is 1. The maximum absolute atomic E-state index is 13.1. The third kappa shape index (κ3) is 3.86. The molecule has 6 nitrogen and oxygen atoms in total. The molecule has 3 aromatic rings. The van der Waals surface area contributed by atoms with E-state index in [0.717, 1.165) is 15.8 Å². The summed E-state index contributed by atoms with van der Waals surface area (Å²) < 4.78 is 0. The normalized spacial score (nSPS) is 10.4. The molecule has 3 rings (SSSR count). The highest BCUT2D eigenvalue weighted by molar-refractivity contribution is 6.08. The summed E-state index contributed by atoms with van der Waals surface area (Å²) in [7, 11) is 1.46. The fourth-order valence-electron chi connectivity index (χ4n) is 2.99. The van der Waals surface area contributed by atoms with Crippen molar-refractivity contribution >= 4 is 28.6 Å². The second kappa shape index (κ2) is 8.35. The molecule has 1 N–H and O–H groups in total. The average molecular weight is 375 g/mol. The molecule has 0 spiro atoms. The van der Waals surface area contributed by atoms with E-state index in [1.807, 2.05) is 36.4 Å². The lowest BCUT2D eigenvalue weighted by Gasteiger charge is -2.31. The van der Waals surface area contributed by atoms with Crippen LogP contribution < -0.4 is 5.32 Å². The van der Waals surface area contributed by atoms with Crippen molar-refractivity contribution in [2.75, 3.05) is 13.6 Å². The summed E-state index contributed by atoms with van der Waals surface area (Å²) >= 11 is 0. The molecule has 0 unspecified atom stereocenters. The first-order chi connectivity index (χ1) is 13.5. The van der Waals surface area contributed by atoms with Gasteiger partial charge in [0.2, 0.25) is 0 Å². The lowest BCUT2D eigenvalue weighted by atomic mass is 10.0. The number of nitrogens with one attached hydrogen (secondary N) is 1. The van der Waals surface area contributed by atoms with E-state index in [9.17, 15) is 14.4 Å². The lowest BCUT2D eigenvalue weighted by molar-refractivity contribution is 0.0277. The zero-order valence-corrected chi connectivity index (χ0v) is 15.8. The number of hydrogen-bond donors (Lipinski definition) is 1. The van der Waals surface area contributed by atoms with Crippen LogP contribution in [0.5, 0.6) is 0 Å². The predicted octanol–water partition coefficient (Wildman–Crippen LogP) is 3.70. The van der Waals surface area contributed by atoms with Crippen molar-refractivity contribution in [3.63, 3.8) is 0 Å². The van der Waals surface area contributed by atoms with E-state index >= 15 is 0 Å². The van der Waals surface area contributed by atoms with Gasteiger partial charge in [-0.25, -0.2) is 14.8 Å². The summed E-state index contributed by atoms with van der Waals surface area (Å²) in [5.74, 6) is -0.838. The van der Waals surface area contributed by atoms with Crippen LogP contribution in [0.1, 0.15) is 27.6 Å². The number of urea groups is 1. The van der Waals surface area contributed by atoms with Gasteiger partial charge in [0.1, 0.15) is 0 Å². The van der Waals surface area contributed by atoms with E-state index in [1.165, 1.54) is 12.1 Å². The average Bonchev–Trinajstić information content (AvgIpc) is 2.74. The molecule has 0 aliphatic rings. The molecule has 0 saturated heterocycles. The minimum atomic E-state index is -0.677. The molecule has 3 aromatic carbocycles. The number of benzene rings is 3. The summed E-state index contributed by atoms with van der Waals surface area (Å²) in [6, 6.07) is 20.8. The molecular formula is C22H21N3O3. The first-order valence-corrected chi connectivity index (χ1v) is 8.96. The predicted molar refractivity (Wildman–Crippen MR) is 108 cm³/mol. The molecule has 6 heteroatoms. The Morgan fingerprint density at radius 2 is 1.50 bits per heavy atom. The van der Waals surface area contributed by atoms with Crippen LogP contribution in [0.2, 0.25) is 0 Å². The van der Waals surface area contributed by atoms with Crippen molar-refractivity contribution in [1.29, 1.82) is 0 Å². The van der Waals surface area contributed by atoms with E-state index in [-0.39, 0.29) is 12.5 Å². The van der Waals surface area contributed by atoms with Crippen LogP contribution in [0, 0.1) is 0 Å². The highest BCUT2D eigenvalue weighted by atomic mass is 16.2. The number of nitrogens with zero attached hydrogens (tertiary/aromatic N) is 2. The van der Waals surface area contributed by atoms with E-state index in [4.69, 9.17) is 0 Å². The van der Waals surface area contributed by atoms with Crippen molar-refractivity contribution in [3.05, 3.63) is 83.9 Å². The number of carbonyl (C=O) groups is 3. The van der Waals surface area contributed by atoms with Gasteiger partial charge in [-0.15, -0.1) is 0 Å². The Balaban J connectivity index is 1.80. The molecular weight excluding hydrogens is 354 g/mol. The third-order valence-electron chi connectivity index (χ3n) is 4.47. The van der Waals surface area contributed by atoms with E-state index < -0.39 is 11.9 Å². The zero-order valence-electron chi connectivity index (χ0n) is 15.8. The smallest absolute Gasteiger partial charge is 0.272 e. The van der Waals surface area contributed by atoms with Crippen LogP contribution >= 0.6 is 0 Å². The molecule has 0 aliphatic heterocycles. The summed E-state index contributed by atoms with van der Waals surface area (Å²) in [4.78, 5) is 37.9. The maximum Gasteiger partial charge on any atom is 0.342 e. The Morgan fingerprint density at radius 3 is 2.21 bits per heavy atom. The van der Waals surface area contributed by atoms with Crippen LogP contribution in [-0.2, 0) is 0 Å². The minimum absolute atomic E-state index is 0.269. The van der Waals surface area contributed by atoms with Gasteiger partial charge >= 0.3 is 6.03 Å². The van der Waals surface area contributed by atoms with E-state index in [1.54, 1.807) is 43.3 Å². The third-order valence-corrected chi connectivity index (χ3v) is 4.47. The van der Waals surface area contributed by atoms with Gasteiger partial charge in [0.15, 0.2) is 0 Å². The molecule has 28 heavy (non-hydrogen) atoms. The van der Waals surface area contributed by atoms with Crippen molar-refractivity contribution in [3.8, 4) is 0 Å². The highest BCUT2D eigenvalue weighted by Crippen LogP contribution is 2.20. The second-order valence-electron chi connectivity index (χ2n) is 6.20. The first kappa shape index (κ1) is 19.1. The van der Waals surface area contributed by atoms with Gasteiger partial charge in [0.25, 0.3) is 11.8 Å². The summed E-state index contributed by atoms with van der Waals surface area (Å²) in [5.41, 5.74) is 0.863. The van der Waals surface area contributed by atoms with Crippen LogP contribution in [-0.4, -0.2) is 41.5 Å². The quantitative estimate of drug-likeness (QED) is 0.710. The molecule has 0 aliphatic carbocycles. The molecule has 142 valence electrons. The van der Waals surface area contributed by atoms with Gasteiger partial charge in [-0.2, -0.15) is 0 Å². The van der Waals surface area contributed by atoms with Gasteiger partial charge < -0.3 is 0 Å². The molecule has 0 heterocycles. The SMILES string of the molecule is CCN(C(=O)c1cccc2ccccc12)N(C)C(=O)NC(=O)c1ccccc1.